The highest BCUT2D eigenvalue weighted by Crippen LogP contribution is 2.34. The summed E-state index contributed by atoms with van der Waals surface area (Å²) in [6, 6.07) is 2.53. The Morgan fingerprint density at radius 2 is 2.03 bits per heavy atom. The van der Waals surface area contributed by atoms with Gasteiger partial charge in [-0.2, -0.15) is 18.3 Å². The van der Waals surface area contributed by atoms with Gasteiger partial charge in [0.05, 0.1) is 22.8 Å². The van der Waals surface area contributed by atoms with E-state index in [1.807, 2.05) is 0 Å². The Kier molecular flexibility index (Phi) is 5.24. The number of aromatic nitrogens is 5. The summed E-state index contributed by atoms with van der Waals surface area (Å²) < 4.78 is 40.8. The van der Waals surface area contributed by atoms with E-state index < -0.39 is 23.7 Å². The van der Waals surface area contributed by atoms with Gasteiger partial charge >= 0.3 is 6.18 Å². The van der Waals surface area contributed by atoms with Crippen molar-refractivity contribution in [2.24, 2.45) is 12.8 Å². The Labute approximate surface area is 196 Å². The summed E-state index contributed by atoms with van der Waals surface area (Å²) in [6.45, 7) is 2.48. The van der Waals surface area contributed by atoms with E-state index in [9.17, 15) is 22.8 Å². The van der Waals surface area contributed by atoms with Crippen LogP contribution in [-0.4, -0.2) is 66.6 Å². The fourth-order valence-corrected chi connectivity index (χ4v) is 4.10. The molecule has 0 saturated carbocycles. The number of H-pyrrole nitrogens is 1. The zero-order chi connectivity index (χ0) is 25.1. The number of carbonyl (C=O) groups is 2. The number of fused-ring (bicyclic) bond motifs is 2. The molecule has 10 nitrogen and oxygen atoms in total. The standard InChI is InChI=1S/C22H21F3N8O2/c1-10(21(35)33-8-12(26)9-33)29-20(34)14-6-27-19-18(14)30-15(7-28-19)17-13-4-3-11(22(23,24)25)5-16(13)32(2)31-17/h3-7,10,12H,8-9,26H2,1-2H3,(H,27,28)(H,29,34)/t10-/m1/s1. The number of aromatic amines is 1. The number of hydrogen-bond donors (Lipinski definition) is 3. The van der Waals surface area contributed by atoms with Gasteiger partial charge in [-0.1, -0.05) is 0 Å². The molecular formula is C22H21F3N8O2. The molecule has 1 aliphatic rings. The Hall–Kier alpha value is -4.00. The number of amides is 2. The molecule has 4 heterocycles. The molecule has 1 atom stereocenters. The van der Waals surface area contributed by atoms with Gasteiger partial charge < -0.3 is 20.9 Å². The normalized spacial score (nSPS) is 15.4. The molecule has 0 spiro atoms. The third-order valence-electron chi connectivity index (χ3n) is 5.99. The smallest absolute Gasteiger partial charge is 0.344 e. The number of carbonyl (C=O) groups excluding carboxylic acids is 2. The molecule has 35 heavy (non-hydrogen) atoms. The molecule has 1 aromatic carbocycles. The molecule has 1 aliphatic heterocycles. The lowest BCUT2D eigenvalue weighted by Gasteiger charge is -2.38. The molecule has 0 bridgehead atoms. The number of aryl methyl sites for hydroxylation is 1. The van der Waals surface area contributed by atoms with Crippen molar-refractivity contribution in [3.05, 3.63) is 41.7 Å². The van der Waals surface area contributed by atoms with Crippen molar-refractivity contribution in [1.82, 2.24) is 34.9 Å². The number of hydrogen-bond acceptors (Lipinski definition) is 6. The van der Waals surface area contributed by atoms with Crippen LogP contribution in [0.1, 0.15) is 22.8 Å². The quantitative estimate of drug-likeness (QED) is 0.403. The third kappa shape index (κ3) is 3.97. The van der Waals surface area contributed by atoms with Crippen LogP contribution in [0.25, 0.3) is 33.5 Å². The van der Waals surface area contributed by atoms with Crippen molar-refractivity contribution in [2.45, 2.75) is 25.2 Å². The van der Waals surface area contributed by atoms with Crippen molar-refractivity contribution in [3.63, 3.8) is 0 Å². The van der Waals surface area contributed by atoms with Crippen LogP contribution >= 0.6 is 0 Å². The van der Waals surface area contributed by atoms with Gasteiger partial charge in [0.25, 0.3) is 5.91 Å². The zero-order valence-corrected chi connectivity index (χ0v) is 18.7. The minimum absolute atomic E-state index is 0.0492. The van der Waals surface area contributed by atoms with Gasteiger partial charge in [0, 0.05) is 37.8 Å². The lowest BCUT2D eigenvalue weighted by atomic mass is 10.1. The largest absolute Gasteiger partial charge is 0.416 e. The van der Waals surface area contributed by atoms with Gasteiger partial charge in [-0.15, -0.1) is 0 Å². The van der Waals surface area contributed by atoms with Crippen LogP contribution in [0.3, 0.4) is 0 Å². The van der Waals surface area contributed by atoms with Gasteiger partial charge in [-0.05, 0) is 25.1 Å². The topological polar surface area (TPSA) is 135 Å². The molecule has 13 heteroatoms. The van der Waals surface area contributed by atoms with Crippen LogP contribution in [0.4, 0.5) is 13.2 Å². The third-order valence-corrected chi connectivity index (χ3v) is 5.99. The predicted octanol–water partition coefficient (Wildman–Crippen LogP) is 1.82. The van der Waals surface area contributed by atoms with Crippen LogP contribution in [0, 0.1) is 0 Å². The van der Waals surface area contributed by atoms with E-state index in [1.54, 1.807) is 11.8 Å². The average molecular weight is 486 g/mol. The van der Waals surface area contributed by atoms with Crippen LogP contribution in [0.2, 0.25) is 0 Å². The van der Waals surface area contributed by atoms with Crippen molar-refractivity contribution in [3.8, 4) is 11.4 Å². The lowest BCUT2D eigenvalue weighted by Crippen LogP contribution is -2.61. The van der Waals surface area contributed by atoms with Crippen LogP contribution in [0.15, 0.2) is 30.6 Å². The second-order valence-electron chi connectivity index (χ2n) is 8.56. The summed E-state index contributed by atoms with van der Waals surface area (Å²) in [6.07, 6.45) is -1.61. The average Bonchev–Trinajstić information content (AvgIpc) is 3.36. The number of nitrogens with zero attached hydrogens (tertiary/aromatic N) is 5. The fourth-order valence-electron chi connectivity index (χ4n) is 4.10. The van der Waals surface area contributed by atoms with Crippen molar-refractivity contribution in [1.29, 1.82) is 0 Å². The van der Waals surface area contributed by atoms with Gasteiger partial charge in [0.15, 0.2) is 5.65 Å². The minimum Gasteiger partial charge on any atom is -0.344 e. The van der Waals surface area contributed by atoms with Gasteiger partial charge in [0.2, 0.25) is 5.91 Å². The zero-order valence-electron chi connectivity index (χ0n) is 18.7. The predicted molar refractivity (Wildman–Crippen MR) is 120 cm³/mol. The Morgan fingerprint density at radius 3 is 2.71 bits per heavy atom. The van der Waals surface area contributed by atoms with Gasteiger partial charge in [0.1, 0.15) is 22.9 Å². The molecule has 5 rings (SSSR count). The monoisotopic (exact) mass is 486 g/mol. The first-order chi connectivity index (χ1) is 16.5. The van der Waals surface area contributed by atoms with E-state index in [1.165, 1.54) is 30.2 Å². The van der Waals surface area contributed by atoms with Crippen molar-refractivity contribution < 1.29 is 22.8 Å². The summed E-state index contributed by atoms with van der Waals surface area (Å²) >= 11 is 0. The highest BCUT2D eigenvalue weighted by Gasteiger charge is 2.32. The summed E-state index contributed by atoms with van der Waals surface area (Å²) in [7, 11) is 1.54. The number of nitrogens with two attached hydrogens (primary N) is 1. The molecule has 4 N–H and O–H groups in total. The van der Waals surface area contributed by atoms with E-state index in [0.717, 1.165) is 12.1 Å². The number of nitrogens with one attached hydrogen (secondary N) is 2. The SMILES string of the molecule is C[C@@H](NC(=O)c1c[nH]c2ncc(-c3nn(C)c4cc(C(F)(F)F)ccc34)nc12)C(=O)N1CC(N)C1. The molecule has 0 aliphatic carbocycles. The minimum atomic E-state index is -4.48. The van der Waals surface area contributed by atoms with Crippen molar-refractivity contribution in [2.75, 3.05) is 13.1 Å². The number of likely N-dealkylation sites (tertiary alicyclic amines) is 1. The molecule has 1 saturated heterocycles. The molecule has 1 fully saturated rings. The highest BCUT2D eigenvalue weighted by molar-refractivity contribution is 6.06. The first-order valence-corrected chi connectivity index (χ1v) is 10.8. The van der Waals surface area contributed by atoms with Crippen LogP contribution in [-0.2, 0) is 18.0 Å². The summed E-state index contributed by atoms with van der Waals surface area (Å²) in [5.41, 5.74) is 6.59. The maximum atomic E-state index is 13.1. The maximum absolute atomic E-state index is 13.1. The lowest BCUT2D eigenvalue weighted by molar-refractivity contribution is -0.138. The molecule has 4 aromatic rings. The summed E-state index contributed by atoms with van der Waals surface area (Å²) in [4.78, 5) is 38.6. The van der Waals surface area contributed by atoms with Crippen LogP contribution in [0.5, 0.6) is 0 Å². The van der Waals surface area contributed by atoms with E-state index in [0.29, 0.717) is 29.8 Å². The van der Waals surface area contributed by atoms with Crippen LogP contribution < -0.4 is 11.1 Å². The van der Waals surface area contributed by atoms with E-state index in [2.05, 4.69) is 25.4 Å². The molecule has 0 radical (unpaired) electrons. The molecule has 2 amide bonds. The summed E-state index contributed by atoms with van der Waals surface area (Å²) in [5, 5.41) is 7.46. The highest BCUT2D eigenvalue weighted by atomic mass is 19.4. The Balaban J connectivity index is 1.46. The second-order valence-corrected chi connectivity index (χ2v) is 8.56. The number of alkyl halides is 3. The van der Waals surface area contributed by atoms with E-state index >= 15 is 0 Å². The van der Waals surface area contributed by atoms with Crippen molar-refractivity contribution >= 4 is 33.9 Å². The fraction of sp³-hybridized carbons (Fsp3) is 0.318. The van der Waals surface area contributed by atoms with Gasteiger partial charge in [-0.25, -0.2) is 9.97 Å². The Bertz CT molecular complexity index is 1470. The first-order valence-electron chi connectivity index (χ1n) is 10.8. The number of rotatable bonds is 4. The summed E-state index contributed by atoms with van der Waals surface area (Å²) in [5.74, 6) is -0.751. The number of benzene rings is 1. The Morgan fingerprint density at radius 1 is 1.29 bits per heavy atom. The molecular weight excluding hydrogens is 465 g/mol. The van der Waals surface area contributed by atoms with E-state index in [-0.39, 0.29) is 34.2 Å². The number of halogens is 3. The molecule has 3 aromatic heterocycles. The van der Waals surface area contributed by atoms with E-state index in [4.69, 9.17) is 5.73 Å². The molecule has 0 unspecified atom stereocenters. The maximum Gasteiger partial charge on any atom is 0.416 e. The molecule has 182 valence electrons. The second kappa shape index (κ2) is 8.05. The van der Waals surface area contributed by atoms with Gasteiger partial charge in [-0.3, -0.25) is 14.3 Å². The first kappa shape index (κ1) is 22.8.